The van der Waals surface area contributed by atoms with Crippen LogP contribution < -0.4 is 5.32 Å². The third kappa shape index (κ3) is 3.81. The molecule has 0 aliphatic carbocycles. The summed E-state index contributed by atoms with van der Waals surface area (Å²) in [4.78, 5) is 15.7. The summed E-state index contributed by atoms with van der Waals surface area (Å²) in [7, 11) is 0. The van der Waals surface area contributed by atoms with Gasteiger partial charge in [-0.2, -0.15) is 0 Å². The fraction of sp³-hybridized carbons (Fsp3) is 0.500. The summed E-state index contributed by atoms with van der Waals surface area (Å²) in [5.41, 5.74) is 1.48. The molecule has 0 atom stereocenters. The predicted molar refractivity (Wildman–Crippen MR) is 65.8 cm³/mol. The van der Waals surface area contributed by atoms with Gasteiger partial charge in [-0.05, 0) is 24.0 Å². The number of carbonyl (C=O) groups excluding carboxylic acids is 1. The molecule has 16 heavy (non-hydrogen) atoms. The molecule has 1 rings (SSSR count). The summed E-state index contributed by atoms with van der Waals surface area (Å²) in [6, 6.07) is 1.82. The van der Waals surface area contributed by atoms with Gasteiger partial charge in [-0.3, -0.25) is 9.78 Å². The summed E-state index contributed by atoms with van der Waals surface area (Å²) in [6.45, 7) is 6.49. The second kappa shape index (κ2) is 5.30. The summed E-state index contributed by atoms with van der Waals surface area (Å²) in [6.07, 6.45) is 3.29. The highest BCUT2D eigenvalue weighted by Gasteiger charge is 2.17. The number of carbonyl (C=O) groups is 1. The molecule has 0 aliphatic rings. The molecule has 4 heteroatoms. The Morgan fingerprint density at radius 3 is 2.75 bits per heavy atom. The first-order valence-corrected chi connectivity index (χ1v) is 5.74. The van der Waals surface area contributed by atoms with Crippen molar-refractivity contribution >= 4 is 17.5 Å². The normalized spacial score (nSPS) is 11.2. The molecule has 1 aromatic rings. The lowest BCUT2D eigenvalue weighted by atomic mass is 9.96. The zero-order valence-corrected chi connectivity index (χ0v) is 10.6. The average molecular weight is 241 g/mol. The molecular weight excluding hydrogens is 224 g/mol. The van der Waals surface area contributed by atoms with E-state index in [1.807, 2.05) is 26.8 Å². The third-order valence-corrected chi connectivity index (χ3v) is 2.95. The quantitative estimate of drug-likeness (QED) is 0.822. The van der Waals surface area contributed by atoms with Crippen LogP contribution >= 0.6 is 11.6 Å². The molecule has 0 fully saturated rings. The number of alkyl halides is 1. The zero-order valence-electron chi connectivity index (χ0n) is 9.88. The number of aromatic nitrogens is 1. The number of aryl methyl sites for hydroxylation is 1. The lowest BCUT2D eigenvalue weighted by Crippen LogP contribution is -2.35. The third-order valence-electron chi connectivity index (χ3n) is 2.23. The van der Waals surface area contributed by atoms with Crippen LogP contribution in [0.3, 0.4) is 0 Å². The van der Waals surface area contributed by atoms with Crippen LogP contribution in [0.1, 0.15) is 29.8 Å². The number of pyridine rings is 1. The molecule has 0 radical (unpaired) electrons. The Kier molecular flexibility index (Phi) is 4.30. The van der Waals surface area contributed by atoms with Crippen LogP contribution in [0.2, 0.25) is 0 Å². The van der Waals surface area contributed by atoms with Crippen molar-refractivity contribution in [2.75, 3.05) is 12.4 Å². The molecule has 0 saturated heterocycles. The van der Waals surface area contributed by atoms with Crippen LogP contribution in [0.5, 0.6) is 0 Å². The number of amides is 1. The highest BCUT2D eigenvalue weighted by Crippen LogP contribution is 2.15. The fourth-order valence-electron chi connectivity index (χ4n) is 1.15. The van der Waals surface area contributed by atoms with Gasteiger partial charge in [-0.15, -0.1) is 11.6 Å². The van der Waals surface area contributed by atoms with Crippen LogP contribution in [-0.4, -0.2) is 23.3 Å². The molecule has 0 saturated carbocycles. The summed E-state index contributed by atoms with van der Waals surface area (Å²) >= 11 is 5.78. The van der Waals surface area contributed by atoms with E-state index in [0.717, 1.165) is 5.56 Å². The topological polar surface area (TPSA) is 42.0 Å². The standard InChI is InChI=1S/C12H17ClN2O/c1-9-4-10(6-14-5-9)11(16)15-8-12(2,3)7-13/h4-6H,7-8H2,1-3H3,(H,15,16). The molecule has 0 aromatic carbocycles. The van der Waals surface area contributed by atoms with Gasteiger partial charge in [0.15, 0.2) is 0 Å². The van der Waals surface area contributed by atoms with E-state index in [4.69, 9.17) is 11.6 Å². The number of hydrogen-bond donors (Lipinski definition) is 1. The molecule has 88 valence electrons. The molecule has 1 heterocycles. The fourth-order valence-corrected chi connectivity index (χ4v) is 1.24. The molecule has 0 spiro atoms. The number of nitrogens with zero attached hydrogens (tertiary/aromatic N) is 1. The van der Waals surface area contributed by atoms with Crippen LogP contribution in [0.25, 0.3) is 0 Å². The van der Waals surface area contributed by atoms with E-state index in [1.54, 1.807) is 12.4 Å². The second-order valence-electron chi connectivity index (χ2n) is 4.73. The molecule has 0 bridgehead atoms. The lowest BCUT2D eigenvalue weighted by Gasteiger charge is -2.21. The van der Waals surface area contributed by atoms with Crippen LogP contribution in [-0.2, 0) is 0 Å². The average Bonchev–Trinajstić information content (AvgIpc) is 2.26. The van der Waals surface area contributed by atoms with Crippen LogP contribution in [0.15, 0.2) is 18.5 Å². The van der Waals surface area contributed by atoms with Crippen molar-refractivity contribution in [2.24, 2.45) is 5.41 Å². The first-order chi connectivity index (χ1) is 7.44. The van der Waals surface area contributed by atoms with E-state index in [0.29, 0.717) is 18.0 Å². The summed E-state index contributed by atoms with van der Waals surface area (Å²) in [5.74, 6) is 0.411. The first-order valence-electron chi connectivity index (χ1n) is 5.20. The van der Waals surface area contributed by atoms with E-state index >= 15 is 0 Å². The zero-order chi connectivity index (χ0) is 12.2. The minimum Gasteiger partial charge on any atom is -0.351 e. The van der Waals surface area contributed by atoms with Gasteiger partial charge in [-0.25, -0.2) is 0 Å². The van der Waals surface area contributed by atoms with Gasteiger partial charge >= 0.3 is 0 Å². The van der Waals surface area contributed by atoms with Crippen molar-refractivity contribution in [1.29, 1.82) is 0 Å². The minimum atomic E-state index is -0.102. The molecule has 1 aromatic heterocycles. The monoisotopic (exact) mass is 240 g/mol. The van der Waals surface area contributed by atoms with Crippen molar-refractivity contribution in [2.45, 2.75) is 20.8 Å². The number of halogens is 1. The van der Waals surface area contributed by atoms with Crippen molar-refractivity contribution in [3.05, 3.63) is 29.6 Å². The van der Waals surface area contributed by atoms with Gasteiger partial charge in [0.05, 0.1) is 5.56 Å². The van der Waals surface area contributed by atoms with Gasteiger partial charge in [-0.1, -0.05) is 13.8 Å². The maximum atomic E-state index is 11.8. The maximum Gasteiger partial charge on any atom is 0.252 e. The van der Waals surface area contributed by atoms with Crippen molar-refractivity contribution in [1.82, 2.24) is 10.3 Å². The summed E-state index contributed by atoms with van der Waals surface area (Å²) < 4.78 is 0. The van der Waals surface area contributed by atoms with Crippen LogP contribution in [0, 0.1) is 12.3 Å². The van der Waals surface area contributed by atoms with Crippen molar-refractivity contribution < 1.29 is 4.79 Å². The SMILES string of the molecule is Cc1cncc(C(=O)NCC(C)(C)CCl)c1. The highest BCUT2D eigenvalue weighted by molar-refractivity contribution is 6.18. The van der Waals surface area contributed by atoms with Gasteiger partial charge in [0, 0.05) is 24.8 Å². The Morgan fingerprint density at radius 2 is 2.19 bits per heavy atom. The lowest BCUT2D eigenvalue weighted by molar-refractivity contribution is 0.0939. The molecule has 0 aliphatic heterocycles. The van der Waals surface area contributed by atoms with Gasteiger partial charge in [0.1, 0.15) is 0 Å². The Balaban J connectivity index is 2.60. The highest BCUT2D eigenvalue weighted by atomic mass is 35.5. The molecule has 1 amide bonds. The van der Waals surface area contributed by atoms with Crippen molar-refractivity contribution in [3.63, 3.8) is 0 Å². The van der Waals surface area contributed by atoms with E-state index in [2.05, 4.69) is 10.3 Å². The molecular formula is C12H17ClN2O. The largest absolute Gasteiger partial charge is 0.351 e. The van der Waals surface area contributed by atoms with E-state index in [9.17, 15) is 4.79 Å². The Morgan fingerprint density at radius 1 is 1.50 bits per heavy atom. The molecule has 1 N–H and O–H groups in total. The maximum absolute atomic E-state index is 11.8. The second-order valence-corrected chi connectivity index (χ2v) is 5.00. The predicted octanol–water partition coefficient (Wildman–Crippen LogP) is 2.38. The Hall–Kier alpha value is -1.09. The number of nitrogens with one attached hydrogen (secondary N) is 1. The summed E-state index contributed by atoms with van der Waals surface area (Å²) in [5, 5.41) is 2.85. The van der Waals surface area contributed by atoms with Crippen LogP contribution in [0.4, 0.5) is 0 Å². The van der Waals surface area contributed by atoms with Gasteiger partial charge < -0.3 is 5.32 Å². The molecule has 0 unspecified atom stereocenters. The van der Waals surface area contributed by atoms with Gasteiger partial charge in [0.2, 0.25) is 0 Å². The minimum absolute atomic E-state index is 0.0888. The van der Waals surface area contributed by atoms with Gasteiger partial charge in [0.25, 0.3) is 5.91 Å². The van der Waals surface area contributed by atoms with E-state index < -0.39 is 0 Å². The number of hydrogen-bond acceptors (Lipinski definition) is 2. The Bertz CT molecular complexity index is 377. The van der Waals surface area contributed by atoms with E-state index in [-0.39, 0.29) is 11.3 Å². The Labute approximate surface area is 101 Å². The smallest absolute Gasteiger partial charge is 0.252 e. The first kappa shape index (κ1) is 13.0. The van der Waals surface area contributed by atoms with E-state index in [1.165, 1.54) is 0 Å². The van der Waals surface area contributed by atoms with Crippen molar-refractivity contribution in [3.8, 4) is 0 Å². The molecule has 3 nitrogen and oxygen atoms in total. The number of rotatable bonds is 4.